The lowest BCUT2D eigenvalue weighted by Crippen LogP contribution is -2.56. The number of amides is 1. The van der Waals surface area contributed by atoms with E-state index in [1.807, 2.05) is 30.3 Å². The van der Waals surface area contributed by atoms with Crippen molar-refractivity contribution in [3.8, 4) is 0 Å². The molecule has 11 heteroatoms. The predicted molar refractivity (Wildman–Crippen MR) is 116 cm³/mol. The van der Waals surface area contributed by atoms with Crippen molar-refractivity contribution in [2.24, 2.45) is 0 Å². The van der Waals surface area contributed by atoms with Crippen LogP contribution in [0.5, 0.6) is 0 Å². The fourth-order valence-corrected chi connectivity index (χ4v) is 3.98. The van der Waals surface area contributed by atoms with Gasteiger partial charge in [-0.25, -0.2) is 0 Å². The van der Waals surface area contributed by atoms with Crippen molar-refractivity contribution >= 4 is 28.9 Å². The van der Waals surface area contributed by atoms with Crippen LogP contribution in [0.15, 0.2) is 48.5 Å². The van der Waals surface area contributed by atoms with Gasteiger partial charge >= 0.3 is 12.4 Å². The molecule has 33 heavy (non-hydrogen) atoms. The van der Waals surface area contributed by atoms with Crippen LogP contribution in [0.3, 0.4) is 0 Å². The largest absolute Gasteiger partial charge is 0.416 e. The van der Waals surface area contributed by atoms with Crippen LogP contribution >= 0.6 is 12.2 Å². The van der Waals surface area contributed by atoms with E-state index in [1.54, 1.807) is 16.7 Å². The molecule has 1 atom stereocenters. The Morgan fingerprint density at radius 1 is 1.00 bits per heavy atom. The predicted octanol–water partition coefficient (Wildman–Crippen LogP) is 5.20. The molecule has 1 heterocycles. The molecule has 1 unspecified atom stereocenters. The molecule has 0 bridgehead atoms. The van der Waals surface area contributed by atoms with Gasteiger partial charge in [-0.1, -0.05) is 30.3 Å². The highest BCUT2D eigenvalue weighted by Crippen LogP contribution is 2.37. The van der Waals surface area contributed by atoms with Gasteiger partial charge in [-0.2, -0.15) is 26.3 Å². The number of carbonyl (C=O) groups excluding carboxylic acids is 1. The highest BCUT2D eigenvalue weighted by molar-refractivity contribution is 7.80. The molecule has 0 aliphatic carbocycles. The van der Waals surface area contributed by atoms with Crippen molar-refractivity contribution in [1.29, 1.82) is 0 Å². The molecule has 2 aromatic carbocycles. The Labute approximate surface area is 192 Å². The van der Waals surface area contributed by atoms with Crippen LogP contribution in [-0.2, 0) is 23.6 Å². The zero-order chi connectivity index (χ0) is 24.4. The lowest BCUT2D eigenvalue weighted by molar-refractivity contribution is -0.143. The zero-order valence-electron chi connectivity index (χ0n) is 17.5. The number of alkyl halides is 6. The maximum atomic E-state index is 13.1. The number of rotatable bonds is 3. The standard InChI is InChI=1S/C22H21F6N3OS/c1-14-13-30(19(32)9-15-5-3-2-4-6-15)7-8-31(14)20(33)29-18-11-16(21(23,24)25)10-17(12-18)22(26,27)28/h2-6,10-12,14H,7-9,13H2,1H3,(H,29,33). The van der Waals surface area contributed by atoms with E-state index >= 15 is 0 Å². The number of thiocarbonyl (C=S) groups is 1. The smallest absolute Gasteiger partial charge is 0.343 e. The topological polar surface area (TPSA) is 35.6 Å². The molecule has 1 fully saturated rings. The quantitative estimate of drug-likeness (QED) is 0.475. The van der Waals surface area contributed by atoms with Gasteiger partial charge in [-0.15, -0.1) is 0 Å². The average Bonchev–Trinajstić information content (AvgIpc) is 2.72. The Morgan fingerprint density at radius 3 is 2.09 bits per heavy atom. The first-order valence-electron chi connectivity index (χ1n) is 10.0. The Balaban J connectivity index is 1.68. The maximum absolute atomic E-state index is 13.1. The minimum atomic E-state index is -4.95. The SMILES string of the molecule is CC1CN(C(=O)Cc2ccccc2)CCN1C(=S)Nc1cc(C(F)(F)F)cc(C(F)(F)F)c1. The van der Waals surface area contributed by atoms with E-state index in [4.69, 9.17) is 12.2 Å². The van der Waals surface area contributed by atoms with E-state index in [1.165, 1.54) is 0 Å². The van der Waals surface area contributed by atoms with Crippen molar-refractivity contribution in [1.82, 2.24) is 9.80 Å². The molecular weight excluding hydrogens is 468 g/mol. The van der Waals surface area contributed by atoms with E-state index in [2.05, 4.69) is 5.32 Å². The van der Waals surface area contributed by atoms with Crippen LogP contribution in [0.2, 0.25) is 0 Å². The van der Waals surface area contributed by atoms with E-state index in [0.29, 0.717) is 31.8 Å². The second kappa shape index (κ2) is 9.58. The highest BCUT2D eigenvalue weighted by atomic mass is 32.1. The molecule has 1 aliphatic rings. The minimum Gasteiger partial charge on any atom is -0.343 e. The third-order valence-corrected chi connectivity index (χ3v) is 5.61. The number of nitrogens with zero attached hydrogens (tertiary/aromatic N) is 2. The van der Waals surface area contributed by atoms with E-state index in [9.17, 15) is 31.1 Å². The van der Waals surface area contributed by atoms with Gasteiger partial charge in [0.1, 0.15) is 0 Å². The van der Waals surface area contributed by atoms with Gasteiger partial charge in [0, 0.05) is 31.4 Å². The first-order valence-corrected chi connectivity index (χ1v) is 10.4. The van der Waals surface area contributed by atoms with Gasteiger partial charge in [-0.3, -0.25) is 4.79 Å². The summed E-state index contributed by atoms with van der Waals surface area (Å²) in [6.07, 6.45) is -9.66. The molecule has 1 N–H and O–H groups in total. The summed E-state index contributed by atoms with van der Waals surface area (Å²) in [5, 5.41) is 2.50. The number of carbonyl (C=O) groups is 1. The van der Waals surface area contributed by atoms with Crippen LogP contribution in [-0.4, -0.2) is 46.5 Å². The van der Waals surface area contributed by atoms with Crippen LogP contribution in [0, 0.1) is 0 Å². The van der Waals surface area contributed by atoms with E-state index < -0.39 is 29.2 Å². The fraction of sp³-hybridized carbons (Fsp3) is 0.364. The van der Waals surface area contributed by atoms with Crippen molar-refractivity contribution in [3.63, 3.8) is 0 Å². The molecule has 3 rings (SSSR count). The lowest BCUT2D eigenvalue weighted by Gasteiger charge is -2.41. The van der Waals surface area contributed by atoms with Crippen molar-refractivity contribution in [2.75, 3.05) is 25.0 Å². The molecule has 178 valence electrons. The van der Waals surface area contributed by atoms with Crippen molar-refractivity contribution < 1.29 is 31.1 Å². The van der Waals surface area contributed by atoms with E-state index in [-0.39, 0.29) is 29.5 Å². The molecule has 2 aromatic rings. The normalized spacial score (nSPS) is 17.1. The summed E-state index contributed by atoms with van der Waals surface area (Å²) in [4.78, 5) is 15.9. The van der Waals surface area contributed by atoms with Gasteiger partial charge in [0.05, 0.1) is 17.5 Å². The number of benzene rings is 2. The second-order valence-electron chi connectivity index (χ2n) is 7.77. The number of hydrogen-bond acceptors (Lipinski definition) is 2. The van der Waals surface area contributed by atoms with Crippen molar-refractivity contribution in [2.45, 2.75) is 31.7 Å². The lowest BCUT2D eigenvalue weighted by atomic mass is 10.1. The summed E-state index contributed by atoms with van der Waals surface area (Å²) in [6.45, 7) is 2.72. The number of hydrogen-bond donors (Lipinski definition) is 1. The Morgan fingerprint density at radius 2 is 1.58 bits per heavy atom. The van der Waals surface area contributed by atoms with Crippen LogP contribution < -0.4 is 5.32 Å². The molecule has 4 nitrogen and oxygen atoms in total. The van der Waals surface area contributed by atoms with Crippen LogP contribution in [0.1, 0.15) is 23.6 Å². The minimum absolute atomic E-state index is 0.00916. The summed E-state index contributed by atoms with van der Waals surface area (Å²) >= 11 is 5.26. The van der Waals surface area contributed by atoms with Gasteiger partial charge in [0.25, 0.3) is 0 Å². The van der Waals surface area contributed by atoms with E-state index in [0.717, 1.165) is 5.56 Å². The molecule has 0 aromatic heterocycles. The summed E-state index contributed by atoms with van der Waals surface area (Å²) in [5.74, 6) is -0.0701. The third kappa shape index (κ3) is 6.37. The fourth-order valence-electron chi connectivity index (χ4n) is 3.59. The molecule has 1 aliphatic heterocycles. The van der Waals surface area contributed by atoms with Gasteiger partial charge in [0.15, 0.2) is 5.11 Å². The van der Waals surface area contributed by atoms with Crippen LogP contribution in [0.4, 0.5) is 32.0 Å². The number of anilines is 1. The van der Waals surface area contributed by atoms with Gasteiger partial charge < -0.3 is 15.1 Å². The first-order chi connectivity index (χ1) is 15.3. The first kappa shape index (κ1) is 24.8. The zero-order valence-corrected chi connectivity index (χ0v) is 18.3. The summed E-state index contributed by atoms with van der Waals surface area (Å²) in [7, 11) is 0. The van der Waals surface area contributed by atoms with Crippen LogP contribution in [0.25, 0.3) is 0 Å². The molecule has 0 saturated carbocycles. The average molecular weight is 489 g/mol. The van der Waals surface area contributed by atoms with Gasteiger partial charge in [-0.05, 0) is 42.9 Å². The Kier molecular flexibility index (Phi) is 7.20. The molecule has 1 amide bonds. The molecule has 1 saturated heterocycles. The highest BCUT2D eigenvalue weighted by Gasteiger charge is 2.37. The maximum Gasteiger partial charge on any atom is 0.416 e. The molecular formula is C22H21F6N3OS. The molecule has 0 spiro atoms. The summed E-state index contributed by atoms with van der Waals surface area (Å²) in [6, 6.07) is 10.2. The monoisotopic (exact) mass is 489 g/mol. The Hall–Kier alpha value is -2.82. The van der Waals surface area contributed by atoms with Crippen molar-refractivity contribution in [3.05, 3.63) is 65.2 Å². The third-order valence-electron chi connectivity index (χ3n) is 5.28. The summed E-state index contributed by atoms with van der Waals surface area (Å²) < 4.78 is 78.5. The number of halogens is 6. The number of piperazine rings is 1. The molecule has 0 radical (unpaired) electrons. The van der Waals surface area contributed by atoms with Gasteiger partial charge in [0.2, 0.25) is 5.91 Å². The summed E-state index contributed by atoms with van der Waals surface area (Å²) in [5.41, 5.74) is -2.38. The number of nitrogens with one attached hydrogen (secondary N) is 1. The Bertz CT molecular complexity index is 977. The second-order valence-corrected chi connectivity index (χ2v) is 8.16.